The summed E-state index contributed by atoms with van der Waals surface area (Å²) in [6, 6.07) is 61.1. The molecule has 0 N–H and O–H groups in total. The fraction of sp³-hybridized carbons (Fsp3) is 0.0943. The molecular formula is C53H40N2. The molecule has 1 aromatic heterocycles. The number of rotatable bonds is 6. The SMILES string of the molecule is CC1(C)c2cc(-c3ccc(-c4cccc5cccc(-c6ccc(-c7cc(-c8ccccc8)nc(-c8ccccc8)n7)cc6)c45)cc3)ccc2C2C=CC=CC21. The van der Waals surface area contributed by atoms with Gasteiger partial charge in [-0.15, -0.1) is 0 Å². The maximum atomic E-state index is 5.06. The van der Waals surface area contributed by atoms with Crippen molar-refractivity contribution in [1.29, 1.82) is 0 Å². The summed E-state index contributed by atoms with van der Waals surface area (Å²) >= 11 is 0. The van der Waals surface area contributed by atoms with Crippen molar-refractivity contribution >= 4 is 10.8 Å². The molecular weight excluding hydrogens is 665 g/mol. The Kier molecular flexibility index (Phi) is 7.99. The minimum Gasteiger partial charge on any atom is -0.228 e. The van der Waals surface area contributed by atoms with Gasteiger partial charge in [-0.05, 0) is 72.7 Å². The van der Waals surface area contributed by atoms with Crippen LogP contribution in [0.4, 0.5) is 0 Å². The van der Waals surface area contributed by atoms with Gasteiger partial charge in [0.2, 0.25) is 0 Å². The van der Waals surface area contributed by atoms with E-state index >= 15 is 0 Å². The molecule has 262 valence electrons. The number of fused-ring (bicyclic) bond motifs is 4. The quantitative estimate of drug-likeness (QED) is 0.172. The fourth-order valence-corrected chi connectivity index (χ4v) is 8.91. The van der Waals surface area contributed by atoms with Crippen molar-refractivity contribution in [2.45, 2.75) is 25.2 Å². The van der Waals surface area contributed by atoms with Crippen LogP contribution in [0.3, 0.4) is 0 Å². The molecule has 2 aliphatic rings. The van der Waals surface area contributed by atoms with Crippen LogP contribution in [0.5, 0.6) is 0 Å². The zero-order valence-corrected chi connectivity index (χ0v) is 31.0. The second-order valence-electron chi connectivity index (χ2n) is 15.4. The summed E-state index contributed by atoms with van der Waals surface area (Å²) in [7, 11) is 0. The molecule has 55 heavy (non-hydrogen) atoms. The van der Waals surface area contributed by atoms with Crippen LogP contribution in [0.25, 0.3) is 78.1 Å². The first-order valence-electron chi connectivity index (χ1n) is 19.2. The van der Waals surface area contributed by atoms with Crippen molar-refractivity contribution in [3.05, 3.63) is 205 Å². The molecule has 2 heteroatoms. The molecule has 0 bridgehead atoms. The highest BCUT2D eigenvalue weighted by Gasteiger charge is 2.44. The van der Waals surface area contributed by atoms with E-state index in [1.54, 1.807) is 0 Å². The number of benzene rings is 7. The number of allylic oxidation sites excluding steroid dienone is 4. The largest absolute Gasteiger partial charge is 0.228 e. The van der Waals surface area contributed by atoms with Crippen LogP contribution >= 0.6 is 0 Å². The Bertz CT molecular complexity index is 2690. The summed E-state index contributed by atoms with van der Waals surface area (Å²) < 4.78 is 0. The Balaban J connectivity index is 0.996. The van der Waals surface area contributed by atoms with Gasteiger partial charge in [0.15, 0.2) is 5.82 Å². The van der Waals surface area contributed by atoms with Crippen molar-refractivity contribution in [1.82, 2.24) is 9.97 Å². The van der Waals surface area contributed by atoms with Crippen molar-refractivity contribution < 1.29 is 0 Å². The molecule has 0 saturated carbocycles. The maximum absolute atomic E-state index is 5.06. The second kappa shape index (κ2) is 13.3. The van der Waals surface area contributed by atoms with E-state index in [0.717, 1.165) is 33.9 Å². The highest BCUT2D eigenvalue weighted by molar-refractivity contribution is 6.06. The molecule has 8 aromatic rings. The molecule has 7 aromatic carbocycles. The lowest BCUT2D eigenvalue weighted by Crippen LogP contribution is -2.24. The highest BCUT2D eigenvalue weighted by atomic mass is 14.9. The molecule has 0 aliphatic heterocycles. The van der Waals surface area contributed by atoms with Gasteiger partial charge in [-0.2, -0.15) is 0 Å². The first-order valence-corrected chi connectivity index (χ1v) is 19.2. The Morgan fingerprint density at radius 1 is 0.436 bits per heavy atom. The zero-order chi connectivity index (χ0) is 36.9. The van der Waals surface area contributed by atoms with Gasteiger partial charge in [0.25, 0.3) is 0 Å². The van der Waals surface area contributed by atoms with E-state index in [1.165, 1.54) is 55.3 Å². The van der Waals surface area contributed by atoms with Crippen LogP contribution in [0, 0.1) is 5.92 Å². The fourth-order valence-electron chi connectivity index (χ4n) is 8.91. The van der Waals surface area contributed by atoms with E-state index in [0.29, 0.717) is 11.8 Å². The number of nitrogens with zero attached hydrogens (tertiary/aromatic N) is 2. The average molecular weight is 705 g/mol. The molecule has 2 aliphatic carbocycles. The topological polar surface area (TPSA) is 25.8 Å². The van der Waals surface area contributed by atoms with Crippen molar-refractivity contribution in [3.63, 3.8) is 0 Å². The van der Waals surface area contributed by atoms with Crippen LogP contribution in [0.2, 0.25) is 0 Å². The van der Waals surface area contributed by atoms with E-state index < -0.39 is 0 Å². The third-order valence-electron chi connectivity index (χ3n) is 11.8. The smallest absolute Gasteiger partial charge is 0.160 e. The molecule has 0 radical (unpaired) electrons. The van der Waals surface area contributed by atoms with Crippen LogP contribution in [0.1, 0.15) is 30.9 Å². The number of aromatic nitrogens is 2. The number of hydrogen-bond donors (Lipinski definition) is 0. The van der Waals surface area contributed by atoms with Crippen molar-refractivity contribution in [3.8, 4) is 67.3 Å². The summed E-state index contributed by atoms with van der Waals surface area (Å²) in [4.78, 5) is 10.0. The van der Waals surface area contributed by atoms with Crippen LogP contribution in [-0.2, 0) is 5.41 Å². The van der Waals surface area contributed by atoms with E-state index in [-0.39, 0.29) is 5.41 Å². The Hall–Kier alpha value is -6.64. The second-order valence-corrected chi connectivity index (χ2v) is 15.4. The zero-order valence-electron chi connectivity index (χ0n) is 31.0. The van der Waals surface area contributed by atoms with Gasteiger partial charge in [-0.1, -0.05) is 202 Å². The Morgan fingerprint density at radius 3 is 1.60 bits per heavy atom. The predicted octanol–water partition coefficient (Wildman–Crippen LogP) is 13.7. The van der Waals surface area contributed by atoms with Crippen LogP contribution in [-0.4, -0.2) is 9.97 Å². The number of hydrogen-bond acceptors (Lipinski definition) is 2. The van der Waals surface area contributed by atoms with Crippen LogP contribution in [0.15, 0.2) is 194 Å². The minimum atomic E-state index is 0.0970. The third-order valence-corrected chi connectivity index (χ3v) is 11.8. The summed E-state index contributed by atoms with van der Waals surface area (Å²) in [6.07, 6.45) is 9.19. The molecule has 10 rings (SSSR count). The minimum absolute atomic E-state index is 0.0970. The summed E-state index contributed by atoms with van der Waals surface area (Å²) in [5, 5.41) is 2.48. The molecule has 0 fully saturated rings. The van der Waals surface area contributed by atoms with E-state index in [2.05, 4.69) is 184 Å². The monoisotopic (exact) mass is 704 g/mol. The molecule has 1 heterocycles. The van der Waals surface area contributed by atoms with Gasteiger partial charge in [-0.25, -0.2) is 9.97 Å². The van der Waals surface area contributed by atoms with E-state index in [1.807, 2.05) is 24.3 Å². The highest BCUT2D eigenvalue weighted by Crippen LogP contribution is 2.53. The van der Waals surface area contributed by atoms with Crippen molar-refractivity contribution in [2.75, 3.05) is 0 Å². The van der Waals surface area contributed by atoms with Gasteiger partial charge in [0.1, 0.15) is 0 Å². The van der Waals surface area contributed by atoms with E-state index in [9.17, 15) is 0 Å². The third kappa shape index (κ3) is 5.82. The van der Waals surface area contributed by atoms with Gasteiger partial charge in [0, 0.05) is 22.6 Å². The molecule has 2 unspecified atom stereocenters. The predicted molar refractivity (Wildman–Crippen MR) is 230 cm³/mol. The first-order chi connectivity index (χ1) is 27.0. The lowest BCUT2D eigenvalue weighted by molar-refractivity contribution is 0.394. The molecule has 2 nitrogen and oxygen atoms in total. The lowest BCUT2D eigenvalue weighted by atomic mass is 9.74. The average Bonchev–Trinajstić information content (AvgIpc) is 3.49. The lowest BCUT2D eigenvalue weighted by Gasteiger charge is -2.29. The van der Waals surface area contributed by atoms with Crippen molar-refractivity contribution in [2.24, 2.45) is 5.92 Å². The van der Waals surface area contributed by atoms with Gasteiger partial charge >= 0.3 is 0 Å². The van der Waals surface area contributed by atoms with Gasteiger partial charge in [0.05, 0.1) is 11.4 Å². The van der Waals surface area contributed by atoms with Crippen LogP contribution < -0.4 is 0 Å². The Labute approximate surface area is 323 Å². The summed E-state index contributed by atoms with van der Waals surface area (Å²) in [5.74, 6) is 1.70. The molecule has 0 saturated heterocycles. The van der Waals surface area contributed by atoms with E-state index in [4.69, 9.17) is 9.97 Å². The molecule has 0 spiro atoms. The standard InChI is InChI=1S/C53H40N2/c1-53(2)47-22-10-9-19-45(47)46-32-31-42(33-48(46)53)35-23-25-36(26-24-35)43-20-11-17-40-18-12-21-44(51(40)43)37-27-29-39(30-28-37)50-34-49(38-13-5-3-6-14-38)54-52(55-50)41-15-7-4-8-16-41/h3-34,45,47H,1-2H3. The van der Waals surface area contributed by atoms with Gasteiger partial charge < -0.3 is 0 Å². The maximum Gasteiger partial charge on any atom is 0.160 e. The Morgan fingerprint density at radius 2 is 0.964 bits per heavy atom. The summed E-state index contributed by atoms with van der Waals surface area (Å²) in [5.41, 5.74) is 15.3. The molecule has 0 amide bonds. The normalized spacial score (nSPS) is 16.5. The first kappa shape index (κ1) is 33.0. The molecule has 2 atom stereocenters. The van der Waals surface area contributed by atoms with Gasteiger partial charge in [-0.3, -0.25) is 0 Å². The summed E-state index contributed by atoms with van der Waals surface area (Å²) in [6.45, 7) is 4.80.